The lowest BCUT2D eigenvalue weighted by Crippen LogP contribution is -2.53. The first-order chi connectivity index (χ1) is 19.8. The van der Waals surface area contributed by atoms with Gasteiger partial charge in [-0.25, -0.2) is 4.98 Å². The van der Waals surface area contributed by atoms with Crippen LogP contribution in [0.5, 0.6) is 6.01 Å². The fraction of sp³-hybridized carbons (Fsp3) is 0.333. The van der Waals surface area contributed by atoms with E-state index in [1.54, 1.807) is 30.3 Å². The van der Waals surface area contributed by atoms with E-state index >= 15 is 0 Å². The van der Waals surface area contributed by atoms with E-state index in [0.717, 1.165) is 12.1 Å². The lowest BCUT2D eigenvalue weighted by Gasteiger charge is -2.32. The van der Waals surface area contributed by atoms with Gasteiger partial charge in [0.2, 0.25) is 0 Å². The average Bonchev–Trinajstić information content (AvgIpc) is 3.63. The van der Waals surface area contributed by atoms with Crippen LogP contribution in [-0.4, -0.2) is 75.1 Å². The highest BCUT2D eigenvalue weighted by Crippen LogP contribution is 2.50. The van der Waals surface area contributed by atoms with E-state index in [-0.39, 0.29) is 24.2 Å². The number of hydrogen-bond donors (Lipinski definition) is 3. The first-order valence-corrected chi connectivity index (χ1v) is 12.9. The summed E-state index contributed by atoms with van der Waals surface area (Å²) in [6.45, 7) is 0.364. The number of aromatic nitrogens is 3. The molecule has 4 heterocycles. The smallest absolute Gasteiger partial charge is 0.430 e. The number of alkyl halides is 6. The van der Waals surface area contributed by atoms with Crippen LogP contribution in [0, 0.1) is 0 Å². The maximum Gasteiger partial charge on any atom is 0.430 e. The van der Waals surface area contributed by atoms with Gasteiger partial charge in [-0.15, -0.1) is 0 Å². The van der Waals surface area contributed by atoms with Gasteiger partial charge in [-0.1, -0.05) is 60.1 Å². The molecule has 0 spiro atoms. The summed E-state index contributed by atoms with van der Waals surface area (Å²) in [5, 5.41) is 19.8. The fourth-order valence-corrected chi connectivity index (χ4v) is 5.32. The highest BCUT2D eigenvalue weighted by atomic mass is 35.5. The van der Waals surface area contributed by atoms with Crippen LogP contribution in [-0.2, 0) is 15.1 Å². The van der Waals surface area contributed by atoms with Crippen molar-refractivity contribution in [3.63, 3.8) is 0 Å². The second kappa shape index (κ2) is 10.1. The van der Waals surface area contributed by atoms with Gasteiger partial charge in [0.1, 0.15) is 18.3 Å². The van der Waals surface area contributed by atoms with Crippen LogP contribution >= 0.6 is 11.6 Å². The maximum atomic E-state index is 13.2. The largest absolute Gasteiger partial charge is 0.456 e. The molecule has 4 atom stereocenters. The second-order valence-corrected chi connectivity index (χ2v) is 10.3. The molecule has 2 saturated heterocycles. The van der Waals surface area contributed by atoms with Crippen molar-refractivity contribution in [3.8, 4) is 28.4 Å². The Balaban J connectivity index is 1.22. The third kappa shape index (κ3) is 4.76. The predicted octanol–water partition coefficient (Wildman–Crippen LogP) is 5.16. The van der Waals surface area contributed by atoms with Crippen LogP contribution in [0.15, 0.2) is 54.6 Å². The van der Waals surface area contributed by atoms with Crippen molar-refractivity contribution in [2.45, 2.75) is 42.4 Å². The average molecular weight is 616 g/mol. The quantitative estimate of drug-likeness (QED) is 0.266. The summed E-state index contributed by atoms with van der Waals surface area (Å²) in [5.74, 6) is 0. The Bertz CT molecular complexity index is 1600. The number of aromatic amines is 1. The van der Waals surface area contributed by atoms with Crippen LogP contribution in [0.25, 0.3) is 33.5 Å². The molecule has 0 saturated carbocycles. The number of H-pyrrole nitrogens is 1. The van der Waals surface area contributed by atoms with Crippen LogP contribution < -0.4 is 4.74 Å². The Morgan fingerprint density at radius 3 is 2.02 bits per heavy atom. The van der Waals surface area contributed by atoms with Crippen molar-refractivity contribution in [2.75, 3.05) is 13.2 Å². The molecule has 2 fully saturated rings. The minimum atomic E-state index is -5.97. The SMILES string of the molecule is OC1CO[C@H]2[C@@H]1OC[C@H]2Oc1nc2nc(-c3ccc(-c4ccc(C(O)(C(F)(F)F)C(F)(F)F)cc4)cc3)c(Cl)cc2[nH]1. The van der Waals surface area contributed by atoms with E-state index in [4.69, 9.17) is 25.8 Å². The Labute approximate surface area is 237 Å². The van der Waals surface area contributed by atoms with Crippen molar-refractivity contribution in [3.05, 3.63) is 65.2 Å². The van der Waals surface area contributed by atoms with Crippen molar-refractivity contribution < 1.29 is 50.8 Å². The third-order valence-corrected chi connectivity index (χ3v) is 7.55. The molecule has 6 rings (SSSR count). The van der Waals surface area contributed by atoms with Gasteiger partial charge in [0, 0.05) is 11.1 Å². The van der Waals surface area contributed by atoms with Gasteiger partial charge in [0.05, 0.1) is 29.4 Å². The van der Waals surface area contributed by atoms with E-state index in [2.05, 4.69) is 15.0 Å². The van der Waals surface area contributed by atoms with Crippen molar-refractivity contribution in [1.29, 1.82) is 0 Å². The van der Waals surface area contributed by atoms with Gasteiger partial charge in [0.25, 0.3) is 11.6 Å². The molecule has 2 aliphatic heterocycles. The normalized spacial score (nSPS) is 23.0. The topological polar surface area (TPSA) is 110 Å². The van der Waals surface area contributed by atoms with Gasteiger partial charge in [-0.2, -0.15) is 31.3 Å². The summed E-state index contributed by atoms with van der Waals surface area (Å²) in [4.78, 5) is 11.9. The van der Waals surface area contributed by atoms with E-state index in [9.17, 15) is 36.6 Å². The molecule has 15 heteroatoms. The van der Waals surface area contributed by atoms with Gasteiger partial charge in [-0.3, -0.25) is 0 Å². The summed E-state index contributed by atoms with van der Waals surface area (Å²) in [5.41, 5.74) is -3.81. The third-order valence-electron chi connectivity index (χ3n) is 7.26. The zero-order valence-corrected chi connectivity index (χ0v) is 21.8. The second-order valence-electron chi connectivity index (χ2n) is 9.91. The molecule has 4 aromatic rings. The van der Waals surface area contributed by atoms with Crippen LogP contribution in [0.3, 0.4) is 0 Å². The summed E-state index contributed by atoms with van der Waals surface area (Å²) in [7, 11) is 0. The first kappa shape index (κ1) is 28.7. The zero-order valence-electron chi connectivity index (χ0n) is 21.1. The van der Waals surface area contributed by atoms with Crippen LogP contribution in [0.4, 0.5) is 26.3 Å². The van der Waals surface area contributed by atoms with Crippen molar-refractivity contribution in [2.24, 2.45) is 0 Å². The van der Waals surface area contributed by atoms with Crippen LogP contribution in [0.2, 0.25) is 5.02 Å². The standard InChI is InChI=1S/C27H20ClF6N3O5/c28-16-9-17-23(37-24(35-17)42-19-11-41-21-18(38)10-40-22(19)21)36-20(16)14-3-1-12(2-4-14)13-5-7-15(8-6-13)25(39,26(29,30)31)27(32,33)34/h1-9,18-19,21-22,38-39H,10-11H2,(H,35,36,37)/t18?,19-,21-,22-/m1/s1. The molecule has 2 aromatic carbocycles. The molecule has 8 nitrogen and oxygen atoms in total. The molecule has 3 N–H and O–H groups in total. The summed E-state index contributed by atoms with van der Waals surface area (Å²) >= 11 is 6.47. The van der Waals surface area contributed by atoms with E-state index < -0.39 is 47.9 Å². The number of hydrogen-bond acceptors (Lipinski definition) is 7. The monoisotopic (exact) mass is 615 g/mol. The molecule has 42 heavy (non-hydrogen) atoms. The van der Waals surface area contributed by atoms with Gasteiger partial charge in [-0.05, 0) is 17.2 Å². The van der Waals surface area contributed by atoms with Crippen molar-refractivity contribution in [1.82, 2.24) is 15.0 Å². The maximum absolute atomic E-state index is 13.2. The molecular weight excluding hydrogens is 596 g/mol. The highest BCUT2D eigenvalue weighted by molar-refractivity contribution is 6.33. The molecular formula is C27H20ClF6N3O5. The number of nitrogens with zero attached hydrogens (tertiary/aromatic N) is 2. The van der Waals surface area contributed by atoms with E-state index in [0.29, 0.717) is 45.7 Å². The summed E-state index contributed by atoms with van der Waals surface area (Å²) < 4.78 is 96.1. The highest BCUT2D eigenvalue weighted by Gasteiger charge is 2.71. The van der Waals surface area contributed by atoms with Crippen LogP contribution in [0.1, 0.15) is 5.56 Å². The molecule has 1 unspecified atom stereocenters. The fourth-order valence-electron chi connectivity index (χ4n) is 5.05. The lowest BCUT2D eigenvalue weighted by atomic mass is 9.90. The molecule has 0 amide bonds. The minimum Gasteiger partial charge on any atom is -0.456 e. The Morgan fingerprint density at radius 1 is 0.833 bits per heavy atom. The van der Waals surface area contributed by atoms with Gasteiger partial charge < -0.3 is 29.4 Å². The Hall–Kier alpha value is -3.43. The van der Waals surface area contributed by atoms with Crippen molar-refractivity contribution >= 4 is 22.8 Å². The summed E-state index contributed by atoms with van der Waals surface area (Å²) in [6.07, 6.45) is -14.1. The number of aliphatic hydroxyl groups is 2. The number of pyridine rings is 1. The first-order valence-electron chi connectivity index (χ1n) is 12.5. The number of fused-ring (bicyclic) bond motifs is 2. The van der Waals surface area contributed by atoms with Gasteiger partial charge >= 0.3 is 12.4 Å². The predicted molar refractivity (Wildman–Crippen MR) is 136 cm³/mol. The summed E-state index contributed by atoms with van der Waals surface area (Å²) in [6, 6.07) is 11.5. The number of imidazole rings is 1. The lowest BCUT2D eigenvalue weighted by molar-refractivity contribution is -0.376. The number of ether oxygens (including phenoxy) is 3. The Morgan fingerprint density at radius 2 is 1.40 bits per heavy atom. The number of aliphatic hydroxyl groups excluding tert-OH is 1. The number of benzene rings is 2. The minimum absolute atomic E-state index is 0.152. The molecule has 0 radical (unpaired) electrons. The van der Waals surface area contributed by atoms with E-state index in [1.807, 2.05) is 0 Å². The molecule has 2 aliphatic rings. The molecule has 0 aliphatic carbocycles. The number of halogens is 7. The number of nitrogens with one attached hydrogen (secondary N) is 1. The van der Waals surface area contributed by atoms with Gasteiger partial charge in [0.15, 0.2) is 11.8 Å². The Kier molecular flexibility index (Phi) is 6.89. The number of rotatable bonds is 5. The van der Waals surface area contributed by atoms with E-state index in [1.165, 1.54) is 0 Å². The molecule has 0 bridgehead atoms. The molecule has 222 valence electrons. The molecule has 2 aromatic heterocycles. The zero-order chi connectivity index (χ0) is 30.0.